The normalized spacial score (nSPS) is 13.7. The molecule has 1 atom stereocenters. The summed E-state index contributed by atoms with van der Waals surface area (Å²) < 4.78 is 16.2. The molecular formula is C19H29NO5Si. The molecule has 0 aliphatic carbocycles. The highest BCUT2D eigenvalue weighted by atomic mass is 28.3. The number of methoxy groups -OCH3 is 2. The van der Waals surface area contributed by atoms with E-state index < -0.39 is 20.0 Å². The van der Waals surface area contributed by atoms with Crippen molar-refractivity contribution in [3.63, 3.8) is 0 Å². The third-order valence-corrected chi connectivity index (χ3v) is 4.78. The van der Waals surface area contributed by atoms with Gasteiger partial charge in [0.05, 0.1) is 6.10 Å². The largest absolute Gasteiger partial charge is 0.481 e. The van der Waals surface area contributed by atoms with Crippen LogP contribution in [0.15, 0.2) is 29.4 Å². The first-order valence-electron chi connectivity index (χ1n) is 8.38. The fourth-order valence-corrected chi connectivity index (χ4v) is 2.83. The first kappa shape index (κ1) is 22.2. The van der Waals surface area contributed by atoms with E-state index >= 15 is 0 Å². The summed E-state index contributed by atoms with van der Waals surface area (Å²) in [7, 11) is 1.43. The molecule has 6 nitrogen and oxygen atoms in total. The summed E-state index contributed by atoms with van der Waals surface area (Å²) in [5, 5.41) is 23.2. The molecule has 0 unspecified atom stereocenters. The molecular weight excluding hydrogens is 350 g/mol. The number of aliphatic hydroxyl groups excluding tert-OH is 1. The predicted octanol–water partition coefficient (Wildman–Crippen LogP) is 3.21. The minimum absolute atomic E-state index is 0.0234. The van der Waals surface area contributed by atoms with Crippen LogP contribution >= 0.6 is 0 Å². The van der Waals surface area contributed by atoms with Crippen molar-refractivity contribution in [3.8, 4) is 17.2 Å². The smallest absolute Gasteiger partial charge is 0.208 e. The van der Waals surface area contributed by atoms with Crippen LogP contribution in [0.1, 0.15) is 25.0 Å². The Bertz CT molecular complexity index is 668. The van der Waals surface area contributed by atoms with Gasteiger partial charge >= 0.3 is 0 Å². The molecule has 7 heteroatoms. The Morgan fingerprint density at radius 3 is 2.38 bits per heavy atom. The lowest BCUT2D eigenvalue weighted by molar-refractivity contribution is -0.142. The molecule has 0 aromatic heterocycles. The summed E-state index contributed by atoms with van der Waals surface area (Å²) in [6.45, 7) is 8.36. The van der Waals surface area contributed by atoms with Crippen molar-refractivity contribution in [2.45, 2.75) is 44.9 Å². The average Bonchev–Trinajstić information content (AvgIpc) is 2.62. The Morgan fingerprint density at radius 2 is 1.85 bits per heavy atom. The first-order chi connectivity index (χ1) is 12.2. The van der Waals surface area contributed by atoms with Crippen LogP contribution in [0.5, 0.6) is 5.75 Å². The SMILES string of the molecule is COC(C)(OC)/C(C[C@@H](O)c1ccccc1OCC#C[Si](C)(C)C)=N/O. The maximum atomic E-state index is 10.6. The van der Waals surface area contributed by atoms with Gasteiger partial charge in [-0.25, -0.2) is 0 Å². The van der Waals surface area contributed by atoms with Crippen molar-refractivity contribution in [1.29, 1.82) is 0 Å². The number of ether oxygens (including phenoxy) is 3. The molecule has 2 N–H and O–H groups in total. The van der Waals surface area contributed by atoms with Crippen LogP contribution in [-0.2, 0) is 9.47 Å². The number of hydrogen-bond donors (Lipinski definition) is 2. The van der Waals surface area contributed by atoms with Crippen LogP contribution in [0, 0.1) is 11.5 Å². The molecule has 0 spiro atoms. The molecule has 0 bridgehead atoms. The lowest BCUT2D eigenvalue weighted by Crippen LogP contribution is -2.40. The van der Waals surface area contributed by atoms with Gasteiger partial charge in [-0.1, -0.05) is 48.9 Å². The maximum absolute atomic E-state index is 10.6. The van der Waals surface area contributed by atoms with E-state index in [2.05, 4.69) is 36.3 Å². The number of para-hydroxylation sites is 1. The van der Waals surface area contributed by atoms with E-state index in [1.165, 1.54) is 14.2 Å². The highest BCUT2D eigenvalue weighted by molar-refractivity contribution is 6.83. The molecule has 1 rings (SSSR count). The maximum Gasteiger partial charge on any atom is 0.208 e. The van der Waals surface area contributed by atoms with Gasteiger partial charge < -0.3 is 24.5 Å². The standard InChI is InChI=1S/C19H29NO5Si/c1-19(23-2,24-3)18(20-22)14-16(21)15-10-7-8-11-17(15)25-12-9-13-26(4,5)6/h7-8,10-11,16,21-22H,12,14H2,1-6H3/b20-18+/t16-/m1/s1. The van der Waals surface area contributed by atoms with Gasteiger partial charge in [0.25, 0.3) is 0 Å². The van der Waals surface area contributed by atoms with Crippen molar-refractivity contribution < 1.29 is 24.5 Å². The highest BCUT2D eigenvalue weighted by Gasteiger charge is 2.33. The molecule has 0 fully saturated rings. The third kappa shape index (κ3) is 6.46. The summed E-state index contributed by atoms with van der Waals surface area (Å²) in [5.74, 6) is 2.35. The second kappa shape index (κ2) is 9.74. The Hall–Kier alpha value is -1.85. The average molecular weight is 380 g/mol. The second-order valence-electron chi connectivity index (χ2n) is 7.00. The molecule has 26 heavy (non-hydrogen) atoms. The van der Waals surface area contributed by atoms with Gasteiger partial charge in [-0.05, 0) is 13.0 Å². The fourth-order valence-electron chi connectivity index (χ4n) is 2.23. The van der Waals surface area contributed by atoms with Gasteiger partial charge in [-0.3, -0.25) is 0 Å². The molecule has 0 amide bonds. The second-order valence-corrected chi connectivity index (χ2v) is 11.7. The molecule has 0 aliphatic rings. The van der Waals surface area contributed by atoms with E-state index in [9.17, 15) is 10.3 Å². The van der Waals surface area contributed by atoms with Crippen LogP contribution in [0.4, 0.5) is 0 Å². The summed E-state index contributed by atoms with van der Waals surface area (Å²) in [6, 6.07) is 7.17. The summed E-state index contributed by atoms with van der Waals surface area (Å²) in [4.78, 5) is 0. The summed E-state index contributed by atoms with van der Waals surface area (Å²) >= 11 is 0. The van der Waals surface area contributed by atoms with Gasteiger partial charge in [0.1, 0.15) is 26.1 Å². The van der Waals surface area contributed by atoms with Crippen molar-refractivity contribution in [2.24, 2.45) is 5.16 Å². The predicted molar refractivity (Wildman–Crippen MR) is 104 cm³/mol. The van der Waals surface area contributed by atoms with E-state index in [1.807, 2.05) is 6.07 Å². The third-order valence-electron chi connectivity index (χ3n) is 3.85. The Morgan fingerprint density at radius 1 is 1.23 bits per heavy atom. The van der Waals surface area contributed by atoms with Crippen LogP contribution in [0.2, 0.25) is 19.6 Å². The van der Waals surface area contributed by atoms with Gasteiger partial charge in [0.15, 0.2) is 0 Å². The number of hydrogen-bond acceptors (Lipinski definition) is 6. The molecule has 1 aromatic rings. The topological polar surface area (TPSA) is 80.5 Å². The monoisotopic (exact) mass is 379 g/mol. The molecule has 0 saturated heterocycles. The van der Waals surface area contributed by atoms with Crippen molar-refractivity contribution in [3.05, 3.63) is 29.8 Å². The minimum Gasteiger partial charge on any atom is -0.481 e. The van der Waals surface area contributed by atoms with Crippen molar-refractivity contribution in [1.82, 2.24) is 0 Å². The molecule has 0 heterocycles. The fraction of sp³-hybridized carbons (Fsp3) is 0.526. The zero-order valence-electron chi connectivity index (χ0n) is 16.4. The molecule has 0 saturated carbocycles. The summed E-state index contributed by atoms with van der Waals surface area (Å²) in [6.07, 6.45) is -0.929. The van der Waals surface area contributed by atoms with Gasteiger partial charge in [-0.2, -0.15) is 0 Å². The van der Waals surface area contributed by atoms with Crippen molar-refractivity contribution >= 4 is 13.8 Å². The Kier molecular flexibility index (Phi) is 8.31. The van der Waals surface area contributed by atoms with E-state index in [0.717, 1.165) is 0 Å². The molecule has 0 aliphatic heterocycles. The Labute approximate surface area is 156 Å². The van der Waals surface area contributed by atoms with E-state index in [4.69, 9.17) is 14.2 Å². The Balaban J connectivity index is 2.93. The molecule has 0 radical (unpaired) electrons. The molecule has 144 valence electrons. The van der Waals surface area contributed by atoms with Gasteiger partial charge in [0, 0.05) is 26.2 Å². The quantitative estimate of drug-likeness (QED) is 0.181. The molecule has 1 aromatic carbocycles. The highest BCUT2D eigenvalue weighted by Crippen LogP contribution is 2.29. The van der Waals surface area contributed by atoms with E-state index in [0.29, 0.717) is 11.3 Å². The first-order valence-corrected chi connectivity index (χ1v) is 11.9. The number of aliphatic hydroxyl groups is 1. The van der Waals surface area contributed by atoms with Gasteiger partial charge in [-0.15, -0.1) is 5.54 Å². The lowest BCUT2D eigenvalue weighted by Gasteiger charge is -2.28. The summed E-state index contributed by atoms with van der Waals surface area (Å²) in [5.41, 5.74) is 3.98. The van der Waals surface area contributed by atoms with Crippen molar-refractivity contribution in [2.75, 3.05) is 20.8 Å². The lowest BCUT2D eigenvalue weighted by atomic mass is 9.99. The van der Waals surface area contributed by atoms with Gasteiger partial charge in [0.2, 0.25) is 5.79 Å². The zero-order chi connectivity index (χ0) is 19.8. The van der Waals surface area contributed by atoms with E-state index in [-0.39, 0.29) is 18.7 Å². The number of oxime groups is 1. The van der Waals surface area contributed by atoms with Crippen LogP contribution in [0.25, 0.3) is 0 Å². The number of rotatable bonds is 8. The van der Waals surface area contributed by atoms with E-state index in [1.54, 1.807) is 25.1 Å². The zero-order valence-corrected chi connectivity index (χ0v) is 17.4. The number of benzene rings is 1. The van der Waals surface area contributed by atoms with Crippen LogP contribution in [0.3, 0.4) is 0 Å². The minimum atomic E-state index is -1.45. The van der Waals surface area contributed by atoms with Crippen LogP contribution < -0.4 is 4.74 Å². The van der Waals surface area contributed by atoms with Crippen LogP contribution in [-0.4, -0.2) is 50.7 Å². The number of nitrogens with zero attached hydrogens (tertiary/aromatic N) is 1.